The third kappa shape index (κ3) is 2.58. The van der Waals surface area contributed by atoms with E-state index in [1.165, 1.54) is 19.0 Å². The number of methoxy groups -OCH3 is 1. The maximum atomic E-state index is 9.81. The molecule has 3 rings (SSSR count). The largest absolute Gasteiger partial charge is 0.504 e. The number of nitrogens with one attached hydrogen (secondary N) is 1. The third-order valence-corrected chi connectivity index (χ3v) is 3.25. The van der Waals surface area contributed by atoms with Crippen LogP contribution in [0.25, 0.3) is 10.9 Å². The highest BCUT2D eigenvalue weighted by Crippen LogP contribution is 2.33. The normalized spacial score (nSPS) is 10.6. The molecule has 0 aliphatic carbocycles. The molecule has 0 unspecified atom stereocenters. The average Bonchev–Trinajstić information content (AvgIpc) is 2.49. The molecule has 3 aromatic rings. The van der Waals surface area contributed by atoms with Crippen molar-refractivity contribution in [1.29, 1.82) is 0 Å². The van der Waals surface area contributed by atoms with Gasteiger partial charge in [0.15, 0.2) is 11.5 Å². The van der Waals surface area contributed by atoms with Gasteiger partial charge in [0.25, 0.3) is 0 Å². The number of nitrogens with zero attached hydrogens (tertiary/aromatic N) is 2. The van der Waals surface area contributed by atoms with Crippen molar-refractivity contribution in [3.05, 3.63) is 48.3 Å². The van der Waals surface area contributed by atoms with Gasteiger partial charge < -0.3 is 15.2 Å². The molecule has 0 radical (unpaired) electrons. The number of aromatic hydroxyl groups is 1. The van der Waals surface area contributed by atoms with E-state index >= 15 is 0 Å². The van der Waals surface area contributed by atoms with Gasteiger partial charge >= 0.3 is 0 Å². The fourth-order valence-corrected chi connectivity index (χ4v) is 2.11. The number of hydrogen-bond donors (Lipinski definition) is 2. The number of phenols is 1. The van der Waals surface area contributed by atoms with E-state index in [0.29, 0.717) is 17.1 Å². The van der Waals surface area contributed by atoms with E-state index in [-0.39, 0.29) is 5.75 Å². The lowest BCUT2D eigenvalue weighted by Crippen LogP contribution is -1.96. The number of aryl methyl sites for hydroxylation is 1. The van der Waals surface area contributed by atoms with Crippen LogP contribution in [0.3, 0.4) is 0 Å². The summed E-state index contributed by atoms with van der Waals surface area (Å²) in [7, 11) is 1.51. The van der Waals surface area contributed by atoms with Crippen LogP contribution in [-0.4, -0.2) is 22.2 Å². The summed E-state index contributed by atoms with van der Waals surface area (Å²) in [5, 5.41) is 13.9. The predicted octanol–water partition coefficient (Wildman–Crippen LogP) is 3.40. The number of hydrogen-bond acceptors (Lipinski definition) is 5. The van der Waals surface area contributed by atoms with Gasteiger partial charge in [-0.15, -0.1) is 0 Å². The lowest BCUT2D eigenvalue weighted by Gasteiger charge is -2.10. The molecule has 21 heavy (non-hydrogen) atoms. The number of phenolic OH excluding ortho intramolecular Hbond substituents is 1. The highest BCUT2D eigenvalue weighted by Gasteiger charge is 2.09. The minimum absolute atomic E-state index is 0.0602. The van der Waals surface area contributed by atoms with Crippen molar-refractivity contribution in [2.75, 3.05) is 12.4 Å². The molecule has 106 valence electrons. The number of fused-ring (bicyclic) bond motifs is 1. The third-order valence-electron chi connectivity index (χ3n) is 3.25. The molecule has 0 atom stereocenters. The van der Waals surface area contributed by atoms with Crippen LogP contribution in [0.2, 0.25) is 0 Å². The second-order valence-electron chi connectivity index (χ2n) is 4.75. The van der Waals surface area contributed by atoms with Gasteiger partial charge in [0, 0.05) is 17.1 Å². The maximum Gasteiger partial charge on any atom is 0.161 e. The van der Waals surface area contributed by atoms with Crippen LogP contribution < -0.4 is 10.1 Å². The van der Waals surface area contributed by atoms with Crippen LogP contribution in [-0.2, 0) is 0 Å². The highest BCUT2D eigenvalue weighted by molar-refractivity contribution is 5.92. The Morgan fingerprint density at radius 1 is 1.10 bits per heavy atom. The van der Waals surface area contributed by atoms with Crippen molar-refractivity contribution in [3.8, 4) is 11.5 Å². The van der Waals surface area contributed by atoms with E-state index in [9.17, 15) is 5.11 Å². The summed E-state index contributed by atoms with van der Waals surface area (Å²) in [4.78, 5) is 8.44. The van der Waals surface area contributed by atoms with E-state index < -0.39 is 0 Å². The quantitative estimate of drug-likeness (QED) is 0.770. The summed E-state index contributed by atoms with van der Waals surface area (Å²) in [5.41, 5.74) is 2.78. The van der Waals surface area contributed by atoms with Crippen molar-refractivity contribution < 1.29 is 9.84 Å². The van der Waals surface area contributed by atoms with Crippen molar-refractivity contribution in [3.63, 3.8) is 0 Å². The number of rotatable bonds is 3. The first-order valence-corrected chi connectivity index (χ1v) is 6.53. The lowest BCUT2D eigenvalue weighted by molar-refractivity contribution is 0.374. The Bertz CT molecular complexity index is 785. The second kappa shape index (κ2) is 5.28. The zero-order valence-corrected chi connectivity index (χ0v) is 11.8. The summed E-state index contributed by atoms with van der Waals surface area (Å²) < 4.78 is 5.14. The molecule has 2 N–H and O–H groups in total. The van der Waals surface area contributed by atoms with Crippen LogP contribution in [0.4, 0.5) is 11.5 Å². The van der Waals surface area contributed by atoms with Crippen LogP contribution in [0, 0.1) is 6.92 Å². The molecular weight excluding hydrogens is 266 g/mol. The Balaban J connectivity index is 2.07. The topological polar surface area (TPSA) is 67.3 Å². The molecule has 0 saturated carbocycles. The van der Waals surface area contributed by atoms with Gasteiger partial charge in [-0.25, -0.2) is 9.97 Å². The van der Waals surface area contributed by atoms with E-state index in [1.54, 1.807) is 12.1 Å². The van der Waals surface area contributed by atoms with Gasteiger partial charge in [-0.2, -0.15) is 0 Å². The number of ether oxygens (including phenoxy) is 1. The molecule has 1 heterocycles. The Morgan fingerprint density at radius 2 is 1.86 bits per heavy atom. The zero-order chi connectivity index (χ0) is 14.8. The monoisotopic (exact) mass is 281 g/mol. The minimum Gasteiger partial charge on any atom is -0.504 e. The van der Waals surface area contributed by atoms with E-state index in [4.69, 9.17) is 4.74 Å². The van der Waals surface area contributed by atoms with Crippen molar-refractivity contribution in [2.45, 2.75) is 6.92 Å². The number of anilines is 2. The summed E-state index contributed by atoms with van der Waals surface area (Å²) in [6.07, 6.45) is 1.46. The number of aromatic nitrogens is 2. The minimum atomic E-state index is 0.0602. The van der Waals surface area contributed by atoms with Crippen LogP contribution in [0.1, 0.15) is 5.56 Å². The standard InChI is InChI=1S/C16H15N3O2/c1-10-3-5-11(6-4-10)19-16-12-7-15(21-2)14(20)8-13(12)17-9-18-16/h3-9,20H,1-2H3,(H,17,18,19). The summed E-state index contributed by atoms with van der Waals surface area (Å²) in [6, 6.07) is 11.3. The molecule has 0 bridgehead atoms. The van der Waals surface area contributed by atoms with Crippen molar-refractivity contribution >= 4 is 22.4 Å². The molecule has 0 spiro atoms. The first-order valence-electron chi connectivity index (χ1n) is 6.53. The SMILES string of the molecule is COc1cc2c(Nc3ccc(C)cc3)ncnc2cc1O. The van der Waals surface area contributed by atoms with E-state index in [1.807, 2.05) is 31.2 Å². The molecular formula is C16H15N3O2. The fraction of sp³-hybridized carbons (Fsp3) is 0.125. The first kappa shape index (κ1) is 13.2. The van der Waals surface area contributed by atoms with Crippen LogP contribution >= 0.6 is 0 Å². The average molecular weight is 281 g/mol. The van der Waals surface area contributed by atoms with Gasteiger partial charge in [-0.3, -0.25) is 0 Å². The van der Waals surface area contributed by atoms with Crippen molar-refractivity contribution in [2.24, 2.45) is 0 Å². The molecule has 1 aromatic heterocycles. The molecule has 2 aromatic carbocycles. The Kier molecular flexibility index (Phi) is 3.31. The van der Waals surface area contributed by atoms with E-state index in [2.05, 4.69) is 15.3 Å². The molecule has 0 amide bonds. The maximum absolute atomic E-state index is 9.81. The van der Waals surface area contributed by atoms with Gasteiger partial charge in [0.05, 0.1) is 12.6 Å². The molecule has 0 saturated heterocycles. The summed E-state index contributed by atoms with van der Waals surface area (Å²) in [5.74, 6) is 1.12. The zero-order valence-electron chi connectivity index (χ0n) is 11.8. The van der Waals surface area contributed by atoms with E-state index in [0.717, 1.165) is 11.1 Å². The fourth-order valence-electron chi connectivity index (χ4n) is 2.11. The molecule has 5 nitrogen and oxygen atoms in total. The first-order chi connectivity index (χ1) is 10.2. The molecule has 5 heteroatoms. The van der Waals surface area contributed by atoms with Crippen LogP contribution in [0.15, 0.2) is 42.7 Å². The number of benzene rings is 2. The van der Waals surface area contributed by atoms with Gasteiger partial charge in [0.2, 0.25) is 0 Å². The van der Waals surface area contributed by atoms with Gasteiger partial charge in [-0.05, 0) is 25.1 Å². The Morgan fingerprint density at radius 3 is 2.57 bits per heavy atom. The van der Waals surface area contributed by atoms with Crippen LogP contribution in [0.5, 0.6) is 11.5 Å². The van der Waals surface area contributed by atoms with Gasteiger partial charge in [-0.1, -0.05) is 17.7 Å². The molecule has 0 aliphatic heterocycles. The summed E-state index contributed by atoms with van der Waals surface area (Å²) >= 11 is 0. The smallest absolute Gasteiger partial charge is 0.161 e. The highest BCUT2D eigenvalue weighted by atomic mass is 16.5. The predicted molar refractivity (Wildman–Crippen MR) is 82.2 cm³/mol. The lowest BCUT2D eigenvalue weighted by atomic mass is 10.2. The summed E-state index contributed by atoms with van der Waals surface area (Å²) in [6.45, 7) is 2.04. The molecule has 0 fully saturated rings. The molecule has 0 aliphatic rings. The Hall–Kier alpha value is -2.82. The van der Waals surface area contributed by atoms with Crippen molar-refractivity contribution in [1.82, 2.24) is 9.97 Å². The second-order valence-corrected chi connectivity index (χ2v) is 4.75. The Labute approximate surface area is 122 Å². The van der Waals surface area contributed by atoms with Gasteiger partial charge in [0.1, 0.15) is 12.1 Å².